The Morgan fingerprint density at radius 1 is 1.25 bits per heavy atom. The van der Waals surface area contributed by atoms with Crippen molar-refractivity contribution in [2.75, 3.05) is 26.0 Å². The highest BCUT2D eigenvalue weighted by Crippen LogP contribution is 2.32. The number of ether oxygens (including phenoxy) is 1. The lowest BCUT2D eigenvalue weighted by Crippen LogP contribution is -2.39. The summed E-state index contributed by atoms with van der Waals surface area (Å²) in [4.78, 5) is 33.0. The molecule has 0 N–H and O–H groups in total. The number of aromatic nitrogens is 2. The van der Waals surface area contributed by atoms with Gasteiger partial charge in [0.1, 0.15) is 5.75 Å². The maximum absolute atomic E-state index is 13.5. The molecule has 0 atom stereocenters. The van der Waals surface area contributed by atoms with E-state index in [4.69, 9.17) is 21.3 Å². The second-order valence-electron chi connectivity index (χ2n) is 8.18. The number of hydrogen-bond donors (Lipinski definition) is 0. The fraction of sp³-hybridized carbons (Fsp3) is 0.375. The van der Waals surface area contributed by atoms with E-state index in [0.29, 0.717) is 38.4 Å². The molecule has 1 aromatic heterocycles. The van der Waals surface area contributed by atoms with Crippen LogP contribution in [0.3, 0.4) is 0 Å². The third-order valence-electron chi connectivity index (χ3n) is 5.91. The second-order valence-corrected chi connectivity index (χ2v) is 9.53. The number of para-hydroxylation sites is 1. The minimum Gasteiger partial charge on any atom is -0.495 e. The van der Waals surface area contributed by atoms with Crippen molar-refractivity contribution in [2.45, 2.75) is 31.8 Å². The van der Waals surface area contributed by atoms with E-state index in [-0.39, 0.29) is 17.2 Å². The third kappa shape index (κ3) is 4.50. The van der Waals surface area contributed by atoms with Gasteiger partial charge in [0.15, 0.2) is 5.16 Å². The highest BCUT2D eigenvalue weighted by molar-refractivity contribution is 7.99. The van der Waals surface area contributed by atoms with Gasteiger partial charge in [-0.2, -0.15) is 0 Å². The highest BCUT2D eigenvalue weighted by atomic mass is 35.5. The lowest BCUT2D eigenvalue weighted by molar-refractivity contribution is -0.129. The van der Waals surface area contributed by atoms with Crippen molar-refractivity contribution >= 4 is 40.2 Å². The Morgan fingerprint density at radius 3 is 2.69 bits per heavy atom. The van der Waals surface area contributed by atoms with Gasteiger partial charge >= 0.3 is 0 Å². The number of piperidine rings is 1. The largest absolute Gasteiger partial charge is 0.495 e. The molecule has 8 heteroatoms. The number of nitrogens with zero attached hydrogens (tertiary/aromatic N) is 3. The van der Waals surface area contributed by atoms with Crippen LogP contribution in [-0.4, -0.2) is 46.3 Å². The van der Waals surface area contributed by atoms with Crippen LogP contribution in [0.15, 0.2) is 46.3 Å². The predicted octanol–water partition coefficient (Wildman–Crippen LogP) is 4.71. The van der Waals surface area contributed by atoms with Crippen LogP contribution < -0.4 is 10.3 Å². The number of methoxy groups -OCH3 is 1. The first-order valence-electron chi connectivity index (χ1n) is 10.7. The molecule has 2 heterocycles. The Morgan fingerprint density at radius 2 is 1.97 bits per heavy atom. The first-order chi connectivity index (χ1) is 15.4. The monoisotopic (exact) mass is 471 g/mol. The Balaban J connectivity index is 1.76. The number of benzene rings is 2. The van der Waals surface area contributed by atoms with E-state index < -0.39 is 0 Å². The number of aryl methyl sites for hydroxylation is 1. The first-order valence-corrected chi connectivity index (χ1v) is 12.0. The SMILES string of the molecule is COc1cc(Cl)c(C)cc1-n1c(SCC(=O)N2CCC(C)CC2)nc2ccccc2c1=O. The van der Waals surface area contributed by atoms with Crippen molar-refractivity contribution in [3.8, 4) is 11.4 Å². The van der Waals surface area contributed by atoms with Gasteiger partial charge in [0, 0.05) is 24.2 Å². The van der Waals surface area contributed by atoms with Gasteiger partial charge in [-0.3, -0.25) is 14.2 Å². The van der Waals surface area contributed by atoms with Crippen LogP contribution in [0.25, 0.3) is 16.6 Å². The quantitative estimate of drug-likeness (QED) is 0.398. The molecule has 1 aliphatic rings. The molecule has 1 aliphatic heterocycles. The predicted molar refractivity (Wildman–Crippen MR) is 129 cm³/mol. The van der Waals surface area contributed by atoms with Gasteiger partial charge in [0.05, 0.1) is 29.5 Å². The van der Waals surface area contributed by atoms with Crippen molar-refractivity contribution in [1.82, 2.24) is 14.5 Å². The highest BCUT2D eigenvalue weighted by Gasteiger charge is 2.23. The molecule has 3 aromatic rings. The summed E-state index contributed by atoms with van der Waals surface area (Å²) in [5, 5.41) is 1.51. The number of halogens is 1. The average molecular weight is 472 g/mol. The minimum atomic E-state index is -0.211. The van der Waals surface area contributed by atoms with E-state index in [9.17, 15) is 9.59 Å². The van der Waals surface area contributed by atoms with Crippen LogP contribution >= 0.6 is 23.4 Å². The summed E-state index contributed by atoms with van der Waals surface area (Å²) in [6.07, 6.45) is 2.05. The maximum atomic E-state index is 13.5. The number of rotatable bonds is 5. The van der Waals surface area contributed by atoms with Gasteiger partial charge in [0.25, 0.3) is 5.56 Å². The molecule has 0 bridgehead atoms. The molecule has 0 saturated carbocycles. The molecule has 168 valence electrons. The van der Waals surface area contributed by atoms with Crippen molar-refractivity contribution in [3.63, 3.8) is 0 Å². The molecular formula is C24H26ClN3O3S. The van der Waals surface area contributed by atoms with Gasteiger partial charge in [-0.15, -0.1) is 0 Å². The van der Waals surface area contributed by atoms with Crippen LogP contribution in [0.2, 0.25) is 5.02 Å². The van der Waals surface area contributed by atoms with Crippen molar-refractivity contribution in [1.29, 1.82) is 0 Å². The summed E-state index contributed by atoms with van der Waals surface area (Å²) in [5.41, 5.74) is 1.76. The molecule has 0 unspecified atom stereocenters. The van der Waals surface area contributed by atoms with E-state index in [1.54, 1.807) is 12.1 Å². The molecule has 6 nitrogen and oxygen atoms in total. The number of carbonyl (C=O) groups is 1. The number of hydrogen-bond acceptors (Lipinski definition) is 5. The van der Waals surface area contributed by atoms with Crippen molar-refractivity contribution in [3.05, 3.63) is 57.3 Å². The Kier molecular flexibility index (Phi) is 6.76. The Bertz CT molecular complexity index is 1220. The number of amides is 1. The van der Waals surface area contributed by atoms with Crippen LogP contribution in [-0.2, 0) is 4.79 Å². The summed E-state index contributed by atoms with van der Waals surface area (Å²) >= 11 is 7.56. The van der Waals surface area contributed by atoms with Crippen LogP contribution in [0, 0.1) is 12.8 Å². The molecule has 1 saturated heterocycles. The van der Waals surface area contributed by atoms with E-state index in [0.717, 1.165) is 31.5 Å². The smallest absolute Gasteiger partial charge is 0.266 e. The molecular weight excluding hydrogens is 446 g/mol. The summed E-state index contributed by atoms with van der Waals surface area (Å²) in [5.74, 6) is 1.40. The molecule has 1 fully saturated rings. The topological polar surface area (TPSA) is 64.4 Å². The molecule has 0 radical (unpaired) electrons. The van der Waals surface area contributed by atoms with Crippen molar-refractivity contribution < 1.29 is 9.53 Å². The summed E-state index contributed by atoms with van der Waals surface area (Å²) in [6.45, 7) is 5.65. The van der Waals surface area contributed by atoms with Crippen LogP contribution in [0.1, 0.15) is 25.3 Å². The lowest BCUT2D eigenvalue weighted by atomic mass is 9.99. The summed E-state index contributed by atoms with van der Waals surface area (Å²) < 4.78 is 7.06. The van der Waals surface area contributed by atoms with E-state index >= 15 is 0 Å². The Labute approximate surface area is 196 Å². The second kappa shape index (κ2) is 9.55. The van der Waals surface area contributed by atoms with E-state index in [1.807, 2.05) is 36.1 Å². The summed E-state index contributed by atoms with van der Waals surface area (Å²) in [6, 6.07) is 10.7. The number of fused-ring (bicyclic) bond motifs is 1. The Hall–Kier alpha value is -2.51. The number of thioether (sulfide) groups is 1. The molecule has 0 spiro atoms. The molecule has 0 aliphatic carbocycles. The summed E-state index contributed by atoms with van der Waals surface area (Å²) in [7, 11) is 1.54. The van der Waals surface area contributed by atoms with Crippen LogP contribution in [0.4, 0.5) is 0 Å². The normalized spacial score (nSPS) is 14.7. The van der Waals surface area contributed by atoms with Gasteiger partial charge in [0.2, 0.25) is 5.91 Å². The van der Waals surface area contributed by atoms with Gasteiger partial charge < -0.3 is 9.64 Å². The number of likely N-dealkylation sites (tertiary alicyclic amines) is 1. The fourth-order valence-electron chi connectivity index (χ4n) is 3.88. The van der Waals surface area contributed by atoms with Gasteiger partial charge in [-0.1, -0.05) is 42.4 Å². The van der Waals surface area contributed by atoms with Gasteiger partial charge in [-0.25, -0.2) is 4.98 Å². The van der Waals surface area contributed by atoms with Crippen LogP contribution in [0.5, 0.6) is 5.75 Å². The zero-order valence-corrected chi connectivity index (χ0v) is 20.0. The molecule has 2 aromatic carbocycles. The molecule has 4 rings (SSSR count). The number of carbonyl (C=O) groups excluding carboxylic acids is 1. The zero-order chi connectivity index (χ0) is 22.8. The van der Waals surface area contributed by atoms with E-state index in [1.165, 1.54) is 23.4 Å². The van der Waals surface area contributed by atoms with Crippen molar-refractivity contribution in [2.24, 2.45) is 5.92 Å². The maximum Gasteiger partial charge on any atom is 0.266 e. The zero-order valence-electron chi connectivity index (χ0n) is 18.4. The molecule has 32 heavy (non-hydrogen) atoms. The van der Waals surface area contributed by atoms with Gasteiger partial charge in [-0.05, 0) is 49.4 Å². The molecule has 1 amide bonds. The third-order valence-corrected chi connectivity index (χ3v) is 7.24. The minimum absolute atomic E-state index is 0.0649. The first kappa shape index (κ1) is 22.7. The lowest BCUT2D eigenvalue weighted by Gasteiger charge is -2.30. The average Bonchev–Trinajstić information content (AvgIpc) is 2.80. The van der Waals surface area contributed by atoms with E-state index in [2.05, 4.69) is 6.92 Å². The fourth-order valence-corrected chi connectivity index (χ4v) is 4.95. The standard InChI is InChI=1S/C24H26ClN3O3S/c1-15-8-10-27(11-9-15)22(29)14-32-24-26-19-7-5-4-6-17(19)23(30)28(24)20-12-16(2)18(25)13-21(20)31-3/h4-7,12-13,15H,8-11,14H2,1-3H3.